The minimum Gasteiger partial charge on any atom is -0.508 e. The molecule has 1 aromatic rings. The molecule has 4 heteroatoms. The zero-order valence-corrected chi connectivity index (χ0v) is 6.59. The standard InChI is InChI=1S/C7H6ClNO2/c1-4-2-5(10)3-6(8)7(4)9-11/h2-3,10H,1H3. The number of hydrogen-bond acceptors (Lipinski definition) is 3. The molecule has 0 fully saturated rings. The van der Waals surface area contributed by atoms with E-state index in [1.807, 2.05) is 0 Å². The maximum absolute atomic E-state index is 10.1. The number of rotatable bonds is 1. The van der Waals surface area contributed by atoms with E-state index < -0.39 is 0 Å². The first-order valence-corrected chi connectivity index (χ1v) is 3.35. The molecule has 11 heavy (non-hydrogen) atoms. The molecule has 58 valence electrons. The van der Waals surface area contributed by atoms with Crippen molar-refractivity contribution in [1.82, 2.24) is 0 Å². The molecule has 1 rings (SSSR count). The van der Waals surface area contributed by atoms with Crippen LogP contribution in [0.25, 0.3) is 0 Å². The van der Waals surface area contributed by atoms with Crippen LogP contribution in [0.3, 0.4) is 0 Å². The quantitative estimate of drug-likeness (QED) is 0.661. The fourth-order valence-electron chi connectivity index (χ4n) is 0.834. The molecule has 0 aliphatic rings. The summed E-state index contributed by atoms with van der Waals surface area (Å²) in [6, 6.07) is 2.72. The first-order valence-electron chi connectivity index (χ1n) is 2.97. The van der Waals surface area contributed by atoms with Crippen LogP contribution in [0.5, 0.6) is 5.75 Å². The van der Waals surface area contributed by atoms with E-state index in [0.29, 0.717) is 5.56 Å². The molecule has 0 aliphatic heterocycles. The van der Waals surface area contributed by atoms with Gasteiger partial charge in [-0.15, -0.1) is 4.91 Å². The normalized spacial score (nSPS) is 9.64. The Labute approximate surface area is 68.6 Å². The summed E-state index contributed by atoms with van der Waals surface area (Å²) < 4.78 is 0. The Hall–Kier alpha value is -1.09. The van der Waals surface area contributed by atoms with E-state index in [2.05, 4.69) is 5.18 Å². The van der Waals surface area contributed by atoms with Gasteiger partial charge in [0.15, 0.2) is 0 Å². The van der Waals surface area contributed by atoms with Crippen LogP contribution < -0.4 is 0 Å². The third-order valence-electron chi connectivity index (χ3n) is 1.33. The van der Waals surface area contributed by atoms with Crippen LogP contribution in [0.1, 0.15) is 5.56 Å². The lowest BCUT2D eigenvalue weighted by molar-refractivity contribution is 0.475. The van der Waals surface area contributed by atoms with Crippen LogP contribution in [0, 0.1) is 11.8 Å². The average molecular weight is 172 g/mol. The van der Waals surface area contributed by atoms with Gasteiger partial charge in [-0.3, -0.25) is 0 Å². The van der Waals surface area contributed by atoms with Crippen molar-refractivity contribution < 1.29 is 5.11 Å². The third kappa shape index (κ3) is 1.49. The van der Waals surface area contributed by atoms with Crippen molar-refractivity contribution in [3.05, 3.63) is 27.6 Å². The van der Waals surface area contributed by atoms with Crippen LogP contribution in [-0.4, -0.2) is 5.11 Å². The van der Waals surface area contributed by atoms with Gasteiger partial charge in [-0.25, -0.2) is 0 Å². The van der Waals surface area contributed by atoms with Crippen LogP contribution in [0.15, 0.2) is 17.3 Å². The lowest BCUT2D eigenvalue weighted by Gasteiger charge is -1.99. The van der Waals surface area contributed by atoms with Gasteiger partial charge in [-0.1, -0.05) is 11.6 Å². The first kappa shape index (κ1) is 8.01. The highest BCUT2D eigenvalue weighted by atomic mass is 35.5. The number of phenols is 1. The fourth-order valence-corrected chi connectivity index (χ4v) is 1.13. The molecule has 0 bridgehead atoms. The summed E-state index contributed by atoms with van der Waals surface area (Å²) >= 11 is 5.58. The molecule has 0 saturated carbocycles. The van der Waals surface area contributed by atoms with E-state index in [9.17, 15) is 4.91 Å². The molecule has 0 aromatic heterocycles. The van der Waals surface area contributed by atoms with Crippen molar-refractivity contribution in [2.45, 2.75) is 6.92 Å². The second-order valence-corrected chi connectivity index (χ2v) is 2.59. The highest BCUT2D eigenvalue weighted by Crippen LogP contribution is 2.32. The van der Waals surface area contributed by atoms with Crippen molar-refractivity contribution in [2.24, 2.45) is 5.18 Å². The summed E-state index contributed by atoms with van der Waals surface area (Å²) in [6.07, 6.45) is 0. The summed E-state index contributed by atoms with van der Waals surface area (Å²) in [7, 11) is 0. The summed E-state index contributed by atoms with van der Waals surface area (Å²) in [5, 5.41) is 11.9. The van der Waals surface area contributed by atoms with Crippen molar-refractivity contribution in [1.29, 1.82) is 0 Å². The molecule has 0 heterocycles. The van der Waals surface area contributed by atoms with Crippen LogP contribution in [0.4, 0.5) is 5.69 Å². The minimum atomic E-state index is 0.0416. The Morgan fingerprint density at radius 3 is 2.64 bits per heavy atom. The smallest absolute Gasteiger partial charge is 0.129 e. The van der Waals surface area contributed by atoms with E-state index in [4.69, 9.17) is 16.7 Å². The minimum absolute atomic E-state index is 0.0416. The van der Waals surface area contributed by atoms with E-state index in [0.717, 1.165) is 0 Å². The zero-order valence-electron chi connectivity index (χ0n) is 5.84. The summed E-state index contributed by atoms with van der Waals surface area (Å²) in [6.45, 7) is 1.66. The maximum atomic E-state index is 10.1. The van der Waals surface area contributed by atoms with Crippen molar-refractivity contribution in [2.75, 3.05) is 0 Å². The lowest BCUT2D eigenvalue weighted by Crippen LogP contribution is -1.75. The fraction of sp³-hybridized carbons (Fsp3) is 0.143. The molecule has 3 nitrogen and oxygen atoms in total. The van der Waals surface area contributed by atoms with Gasteiger partial charge in [-0.05, 0) is 23.7 Å². The number of aromatic hydroxyl groups is 1. The maximum Gasteiger partial charge on any atom is 0.129 e. The number of benzene rings is 1. The van der Waals surface area contributed by atoms with Gasteiger partial charge >= 0.3 is 0 Å². The molecule has 0 aliphatic carbocycles. The van der Waals surface area contributed by atoms with E-state index in [-0.39, 0.29) is 16.5 Å². The number of aryl methyl sites for hydroxylation is 1. The Kier molecular flexibility index (Phi) is 2.10. The molecule has 0 saturated heterocycles. The SMILES string of the molecule is Cc1cc(O)cc(Cl)c1N=O. The van der Waals surface area contributed by atoms with Crippen LogP contribution in [0.2, 0.25) is 5.02 Å². The number of hydrogen-bond donors (Lipinski definition) is 1. The molecular formula is C7H6ClNO2. The average Bonchev–Trinajstić information content (AvgIpc) is 1.85. The second kappa shape index (κ2) is 2.88. The molecule has 0 atom stereocenters. The van der Waals surface area contributed by atoms with Gasteiger partial charge in [0.2, 0.25) is 0 Å². The molecule has 0 amide bonds. The van der Waals surface area contributed by atoms with Crippen LogP contribution in [-0.2, 0) is 0 Å². The van der Waals surface area contributed by atoms with E-state index >= 15 is 0 Å². The van der Waals surface area contributed by atoms with Gasteiger partial charge in [0, 0.05) is 6.07 Å². The summed E-state index contributed by atoms with van der Waals surface area (Å²) in [5.74, 6) is 0.0416. The number of phenolic OH excluding ortho intramolecular Hbond substituents is 1. The highest BCUT2D eigenvalue weighted by Gasteiger charge is 2.05. The van der Waals surface area contributed by atoms with Crippen LogP contribution >= 0.6 is 11.6 Å². The second-order valence-electron chi connectivity index (χ2n) is 2.18. The number of halogens is 1. The predicted octanol–water partition coefficient (Wildman–Crippen LogP) is 2.75. The van der Waals surface area contributed by atoms with Gasteiger partial charge in [0.25, 0.3) is 0 Å². The summed E-state index contributed by atoms with van der Waals surface area (Å²) in [4.78, 5) is 10.1. The topological polar surface area (TPSA) is 49.7 Å². The third-order valence-corrected chi connectivity index (χ3v) is 1.62. The van der Waals surface area contributed by atoms with Gasteiger partial charge in [0.1, 0.15) is 11.4 Å². The van der Waals surface area contributed by atoms with Gasteiger partial charge < -0.3 is 5.11 Å². The highest BCUT2D eigenvalue weighted by molar-refractivity contribution is 6.33. The Morgan fingerprint density at radius 1 is 1.55 bits per heavy atom. The van der Waals surface area contributed by atoms with E-state index in [1.165, 1.54) is 12.1 Å². The Bertz CT molecular complexity index is 275. The monoisotopic (exact) mass is 171 g/mol. The molecule has 1 aromatic carbocycles. The molecule has 0 spiro atoms. The first-order chi connectivity index (χ1) is 5.15. The summed E-state index contributed by atoms with van der Waals surface area (Å²) in [5.41, 5.74) is 0.759. The lowest BCUT2D eigenvalue weighted by atomic mass is 10.2. The zero-order chi connectivity index (χ0) is 8.43. The van der Waals surface area contributed by atoms with Gasteiger partial charge in [0.05, 0.1) is 5.02 Å². The predicted molar refractivity (Wildman–Crippen MR) is 43.3 cm³/mol. The van der Waals surface area contributed by atoms with Gasteiger partial charge in [-0.2, -0.15) is 0 Å². The molecule has 0 radical (unpaired) electrons. The molecule has 0 unspecified atom stereocenters. The molecule has 1 N–H and O–H groups in total. The Morgan fingerprint density at radius 2 is 2.18 bits per heavy atom. The number of nitroso groups, excluding NO2 is 1. The molecular weight excluding hydrogens is 166 g/mol. The van der Waals surface area contributed by atoms with E-state index in [1.54, 1.807) is 6.92 Å². The van der Waals surface area contributed by atoms with Crippen molar-refractivity contribution in [3.63, 3.8) is 0 Å². The van der Waals surface area contributed by atoms with Crippen molar-refractivity contribution >= 4 is 17.3 Å². The number of nitrogens with zero attached hydrogens (tertiary/aromatic N) is 1. The Balaban J connectivity index is 3.36. The largest absolute Gasteiger partial charge is 0.508 e. The van der Waals surface area contributed by atoms with Crippen molar-refractivity contribution in [3.8, 4) is 5.75 Å².